The Morgan fingerprint density at radius 2 is 1.81 bits per heavy atom. The van der Waals surface area contributed by atoms with E-state index in [0.717, 1.165) is 42.7 Å². The molecule has 0 unspecified atom stereocenters. The van der Waals surface area contributed by atoms with Crippen LogP contribution in [0.5, 0.6) is 0 Å². The topological polar surface area (TPSA) is 53.1 Å². The molecule has 0 aliphatic carbocycles. The van der Waals surface area contributed by atoms with Gasteiger partial charge >= 0.3 is 0 Å². The molecule has 0 atom stereocenters. The van der Waals surface area contributed by atoms with E-state index in [1.807, 2.05) is 12.3 Å². The predicted octanol–water partition coefficient (Wildman–Crippen LogP) is 2.92. The molecule has 0 spiro atoms. The third-order valence-electron chi connectivity index (χ3n) is 3.60. The Labute approximate surface area is 132 Å². The second-order valence-electron chi connectivity index (χ2n) is 5.38. The predicted molar refractivity (Wildman–Crippen MR) is 91.4 cm³/mol. The Balaban J connectivity index is 1.80. The van der Waals surface area contributed by atoms with Crippen molar-refractivity contribution >= 4 is 23.4 Å². The maximum atomic E-state index is 4.52. The minimum atomic E-state index is 0.818. The average Bonchev–Trinajstić information content (AvgIpc) is 3.02. The van der Waals surface area contributed by atoms with Crippen molar-refractivity contribution in [1.29, 1.82) is 0 Å². The second kappa shape index (κ2) is 9.10. The molecular formula is C15H27N5S. The number of hydrogen-bond acceptors (Lipinski definition) is 6. The van der Waals surface area contributed by atoms with Gasteiger partial charge in [-0.1, -0.05) is 18.7 Å². The lowest BCUT2D eigenvalue weighted by atomic mass is 10.4. The van der Waals surface area contributed by atoms with Gasteiger partial charge in [-0.15, -0.1) is 0 Å². The van der Waals surface area contributed by atoms with Gasteiger partial charge < -0.3 is 15.5 Å². The fraction of sp³-hybridized carbons (Fsp3) is 0.733. The number of aromatic nitrogens is 2. The third kappa shape index (κ3) is 5.71. The van der Waals surface area contributed by atoms with E-state index in [4.69, 9.17) is 0 Å². The van der Waals surface area contributed by atoms with E-state index in [1.165, 1.54) is 32.5 Å². The summed E-state index contributed by atoms with van der Waals surface area (Å²) in [5.41, 5.74) is 0. The van der Waals surface area contributed by atoms with E-state index >= 15 is 0 Å². The molecule has 0 radical (unpaired) electrons. The number of likely N-dealkylation sites (tertiary alicyclic amines) is 1. The zero-order chi connectivity index (χ0) is 14.9. The van der Waals surface area contributed by atoms with E-state index in [1.54, 1.807) is 11.8 Å². The van der Waals surface area contributed by atoms with Crippen molar-refractivity contribution in [3.8, 4) is 0 Å². The van der Waals surface area contributed by atoms with E-state index in [9.17, 15) is 0 Å². The summed E-state index contributed by atoms with van der Waals surface area (Å²) in [6, 6.07) is 2.01. The van der Waals surface area contributed by atoms with E-state index in [2.05, 4.69) is 32.4 Å². The van der Waals surface area contributed by atoms with E-state index in [-0.39, 0.29) is 0 Å². The molecule has 0 saturated carbocycles. The highest BCUT2D eigenvalue weighted by atomic mass is 32.2. The van der Waals surface area contributed by atoms with Crippen molar-refractivity contribution in [2.75, 3.05) is 49.6 Å². The lowest BCUT2D eigenvalue weighted by molar-refractivity contribution is 0.337. The molecule has 1 aliphatic heterocycles. The van der Waals surface area contributed by atoms with Crippen molar-refractivity contribution in [1.82, 2.24) is 14.9 Å². The van der Waals surface area contributed by atoms with Crippen molar-refractivity contribution in [3.05, 3.63) is 6.07 Å². The Morgan fingerprint density at radius 1 is 1.14 bits per heavy atom. The van der Waals surface area contributed by atoms with Gasteiger partial charge in [0.1, 0.15) is 11.6 Å². The molecule has 2 rings (SSSR count). The van der Waals surface area contributed by atoms with Gasteiger partial charge in [0.2, 0.25) is 0 Å². The monoisotopic (exact) mass is 309 g/mol. The van der Waals surface area contributed by atoms with Crippen LogP contribution in [0.4, 0.5) is 11.6 Å². The highest BCUT2D eigenvalue weighted by Crippen LogP contribution is 2.17. The highest BCUT2D eigenvalue weighted by Gasteiger charge is 2.10. The molecule has 1 aliphatic rings. The molecule has 0 aromatic carbocycles. The number of nitrogens with one attached hydrogen (secondary N) is 2. The van der Waals surface area contributed by atoms with Gasteiger partial charge in [-0.3, -0.25) is 0 Å². The molecule has 1 saturated heterocycles. The normalized spacial score (nSPS) is 15.3. The molecule has 1 aromatic heterocycles. The zero-order valence-electron chi connectivity index (χ0n) is 13.2. The number of rotatable bonds is 9. The summed E-state index contributed by atoms with van der Waals surface area (Å²) < 4.78 is 0. The Kier molecular flexibility index (Phi) is 7.09. The van der Waals surface area contributed by atoms with Crippen LogP contribution in [0.3, 0.4) is 0 Å². The first-order chi connectivity index (χ1) is 10.3. The average molecular weight is 309 g/mol. The summed E-state index contributed by atoms with van der Waals surface area (Å²) in [6.07, 6.45) is 7.00. The van der Waals surface area contributed by atoms with Crippen LogP contribution in [-0.4, -0.2) is 53.8 Å². The van der Waals surface area contributed by atoms with Gasteiger partial charge in [0.15, 0.2) is 5.16 Å². The first-order valence-electron chi connectivity index (χ1n) is 7.95. The standard InChI is InChI=1S/C15H27N5S/c1-3-7-16-13-12-14(19-15(18-13)21-2)17-8-6-11-20-9-4-5-10-20/h12H,3-11H2,1-2H3,(H2,16,17,18,19). The van der Waals surface area contributed by atoms with Gasteiger partial charge in [0, 0.05) is 19.2 Å². The largest absolute Gasteiger partial charge is 0.370 e. The first-order valence-corrected chi connectivity index (χ1v) is 9.17. The molecule has 6 heteroatoms. The van der Waals surface area contributed by atoms with Gasteiger partial charge in [-0.05, 0) is 51.6 Å². The smallest absolute Gasteiger partial charge is 0.191 e. The molecule has 21 heavy (non-hydrogen) atoms. The van der Waals surface area contributed by atoms with Crippen LogP contribution in [0.15, 0.2) is 11.2 Å². The summed E-state index contributed by atoms with van der Waals surface area (Å²) in [5, 5.41) is 7.58. The molecule has 0 amide bonds. The first kappa shape index (κ1) is 16.4. The van der Waals surface area contributed by atoms with Crippen LogP contribution < -0.4 is 10.6 Å². The fourth-order valence-corrected chi connectivity index (χ4v) is 2.86. The lowest BCUT2D eigenvalue weighted by Gasteiger charge is -2.15. The van der Waals surface area contributed by atoms with Crippen LogP contribution in [0, 0.1) is 0 Å². The van der Waals surface area contributed by atoms with Gasteiger partial charge in [-0.2, -0.15) is 0 Å². The van der Waals surface area contributed by atoms with Gasteiger partial charge in [0.05, 0.1) is 0 Å². The molecule has 5 nitrogen and oxygen atoms in total. The molecule has 1 aromatic rings. The third-order valence-corrected chi connectivity index (χ3v) is 4.15. The summed E-state index contributed by atoms with van der Waals surface area (Å²) in [5.74, 6) is 1.84. The summed E-state index contributed by atoms with van der Waals surface area (Å²) >= 11 is 1.58. The molecule has 1 fully saturated rings. The van der Waals surface area contributed by atoms with E-state index < -0.39 is 0 Å². The van der Waals surface area contributed by atoms with Crippen molar-refractivity contribution in [3.63, 3.8) is 0 Å². The second-order valence-corrected chi connectivity index (χ2v) is 6.15. The van der Waals surface area contributed by atoms with E-state index in [0.29, 0.717) is 0 Å². The maximum Gasteiger partial charge on any atom is 0.191 e. The minimum absolute atomic E-state index is 0.818. The number of hydrogen-bond donors (Lipinski definition) is 2. The Morgan fingerprint density at radius 3 is 2.43 bits per heavy atom. The minimum Gasteiger partial charge on any atom is -0.370 e. The lowest BCUT2D eigenvalue weighted by Crippen LogP contribution is -2.22. The van der Waals surface area contributed by atoms with Crippen LogP contribution in [-0.2, 0) is 0 Å². The molecule has 0 bridgehead atoms. The highest BCUT2D eigenvalue weighted by molar-refractivity contribution is 7.98. The van der Waals surface area contributed by atoms with Gasteiger partial charge in [0.25, 0.3) is 0 Å². The Bertz CT molecular complexity index is 421. The quantitative estimate of drug-likeness (QED) is 0.415. The van der Waals surface area contributed by atoms with Crippen molar-refractivity contribution in [2.24, 2.45) is 0 Å². The zero-order valence-corrected chi connectivity index (χ0v) is 14.0. The summed E-state index contributed by atoms with van der Waals surface area (Å²) in [4.78, 5) is 11.5. The number of anilines is 2. The maximum absolute atomic E-state index is 4.52. The summed E-state index contributed by atoms with van der Waals surface area (Å²) in [6.45, 7) is 7.80. The van der Waals surface area contributed by atoms with Crippen LogP contribution in [0.1, 0.15) is 32.6 Å². The van der Waals surface area contributed by atoms with Crippen LogP contribution >= 0.6 is 11.8 Å². The molecule has 2 heterocycles. The number of nitrogens with zero attached hydrogens (tertiary/aromatic N) is 3. The van der Waals surface area contributed by atoms with Crippen LogP contribution in [0.25, 0.3) is 0 Å². The molecule has 2 N–H and O–H groups in total. The van der Waals surface area contributed by atoms with Gasteiger partial charge in [-0.25, -0.2) is 9.97 Å². The van der Waals surface area contributed by atoms with Crippen molar-refractivity contribution in [2.45, 2.75) is 37.8 Å². The van der Waals surface area contributed by atoms with Crippen molar-refractivity contribution < 1.29 is 0 Å². The summed E-state index contributed by atoms with van der Waals surface area (Å²) in [7, 11) is 0. The number of thioether (sulfide) groups is 1. The van der Waals surface area contributed by atoms with Crippen LogP contribution in [0.2, 0.25) is 0 Å². The molecular weight excluding hydrogens is 282 g/mol. The molecule has 118 valence electrons. The SMILES string of the molecule is CCCNc1cc(NCCCN2CCCC2)nc(SC)n1. The fourth-order valence-electron chi connectivity index (χ4n) is 2.48. The Hall–Kier alpha value is -1.01.